The molecule has 1 aromatic carbocycles. The van der Waals surface area contributed by atoms with Gasteiger partial charge >= 0.3 is 0 Å². The molecule has 20 heavy (non-hydrogen) atoms. The van der Waals surface area contributed by atoms with Gasteiger partial charge in [-0.15, -0.1) is 11.8 Å². The van der Waals surface area contributed by atoms with Gasteiger partial charge < -0.3 is 0 Å². The molecule has 2 rings (SSSR count). The predicted molar refractivity (Wildman–Crippen MR) is 82.2 cm³/mol. The summed E-state index contributed by atoms with van der Waals surface area (Å²) in [5.41, 5.74) is 0.684. The number of thioether (sulfide) groups is 1. The van der Waals surface area contributed by atoms with Gasteiger partial charge in [0.15, 0.2) is 15.6 Å². The van der Waals surface area contributed by atoms with Crippen molar-refractivity contribution in [2.75, 3.05) is 30.9 Å². The number of hydrogen-bond donors (Lipinski definition) is 0. The molecule has 1 aromatic rings. The molecule has 1 aliphatic heterocycles. The third-order valence-electron chi connectivity index (χ3n) is 3.57. The largest absolute Gasteiger partial charge is 0.293 e. The normalized spacial score (nSPS) is 22.6. The number of sulfone groups is 1. The molecule has 1 saturated heterocycles. The minimum atomic E-state index is -2.93. The van der Waals surface area contributed by atoms with Crippen LogP contribution < -0.4 is 0 Å². The number of carbonyl (C=O) groups excluding carboxylic acids is 1. The molecule has 1 atom stereocenters. The zero-order valence-corrected chi connectivity index (χ0v) is 13.3. The molecule has 0 radical (unpaired) electrons. The van der Waals surface area contributed by atoms with Crippen LogP contribution in [0.4, 0.5) is 0 Å². The molecule has 1 heterocycles. The molecular formula is C14H19NO3S2. The summed E-state index contributed by atoms with van der Waals surface area (Å²) >= 11 is 1.64. The molecule has 0 N–H and O–H groups in total. The summed E-state index contributed by atoms with van der Waals surface area (Å²) in [6, 6.07) is 7.44. The highest BCUT2D eigenvalue weighted by molar-refractivity contribution is 7.98. The van der Waals surface area contributed by atoms with Crippen LogP contribution in [0.25, 0.3) is 0 Å². The van der Waals surface area contributed by atoms with Gasteiger partial charge in [0.2, 0.25) is 0 Å². The van der Waals surface area contributed by atoms with E-state index in [9.17, 15) is 13.2 Å². The smallest absolute Gasteiger partial charge is 0.176 e. The van der Waals surface area contributed by atoms with Crippen LogP contribution in [0.2, 0.25) is 0 Å². The van der Waals surface area contributed by atoms with Crippen molar-refractivity contribution in [2.45, 2.75) is 17.9 Å². The molecule has 0 spiro atoms. The molecule has 6 heteroatoms. The second-order valence-electron chi connectivity index (χ2n) is 5.09. The minimum absolute atomic E-state index is 0.0452. The van der Waals surface area contributed by atoms with E-state index < -0.39 is 9.84 Å². The number of rotatable bonds is 4. The van der Waals surface area contributed by atoms with Crippen LogP contribution in [0.15, 0.2) is 29.2 Å². The molecular weight excluding hydrogens is 294 g/mol. The van der Waals surface area contributed by atoms with E-state index in [0.29, 0.717) is 12.1 Å². The lowest BCUT2D eigenvalue weighted by molar-refractivity contribution is 0.0908. The molecule has 4 nitrogen and oxygen atoms in total. The molecule has 1 fully saturated rings. The molecule has 1 aliphatic rings. The van der Waals surface area contributed by atoms with E-state index in [1.807, 2.05) is 42.3 Å². The Morgan fingerprint density at radius 3 is 2.55 bits per heavy atom. The van der Waals surface area contributed by atoms with Crippen LogP contribution in [0, 0.1) is 0 Å². The van der Waals surface area contributed by atoms with Crippen LogP contribution in [-0.2, 0) is 9.84 Å². The van der Waals surface area contributed by atoms with Gasteiger partial charge in [-0.25, -0.2) is 8.42 Å². The highest BCUT2D eigenvalue weighted by Crippen LogP contribution is 2.16. The van der Waals surface area contributed by atoms with Gasteiger partial charge in [0.05, 0.1) is 18.1 Å². The second kappa shape index (κ2) is 6.28. The Labute approximate surface area is 124 Å². The van der Waals surface area contributed by atoms with Crippen LogP contribution in [-0.4, -0.2) is 56.0 Å². The molecule has 110 valence electrons. The van der Waals surface area contributed by atoms with E-state index in [4.69, 9.17) is 0 Å². The number of ketones is 1. The van der Waals surface area contributed by atoms with E-state index in [2.05, 4.69) is 0 Å². The summed E-state index contributed by atoms with van der Waals surface area (Å²) in [4.78, 5) is 15.3. The van der Waals surface area contributed by atoms with E-state index in [1.165, 1.54) is 0 Å². The van der Waals surface area contributed by atoms with Crippen LogP contribution in [0.1, 0.15) is 17.3 Å². The summed E-state index contributed by atoms with van der Waals surface area (Å²) in [5, 5.41) is 0. The minimum Gasteiger partial charge on any atom is -0.293 e. The zero-order valence-electron chi connectivity index (χ0n) is 11.7. The Morgan fingerprint density at radius 1 is 1.35 bits per heavy atom. The fraction of sp³-hybridized carbons (Fsp3) is 0.500. The summed E-state index contributed by atoms with van der Waals surface area (Å²) in [7, 11) is -2.93. The van der Waals surface area contributed by atoms with E-state index >= 15 is 0 Å². The van der Waals surface area contributed by atoms with Crippen molar-refractivity contribution in [3.8, 4) is 0 Å². The number of Topliss-reactive ketones (excluding diaryl/α,β-unsaturated/α-hetero) is 1. The molecule has 0 bridgehead atoms. The first-order valence-corrected chi connectivity index (χ1v) is 9.57. The molecule has 0 saturated carbocycles. The number of nitrogens with zero attached hydrogens (tertiary/aromatic N) is 1. The Bertz CT molecular complexity index is 581. The number of benzene rings is 1. The quantitative estimate of drug-likeness (QED) is 0.626. The van der Waals surface area contributed by atoms with E-state index in [-0.39, 0.29) is 29.9 Å². The van der Waals surface area contributed by atoms with Crippen molar-refractivity contribution in [1.82, 2.24) is 4.90 Å². The average molecular weight is 313 g/mol. The first kappa shape index (κ1) is 15.5. The Kier molecular flexibility index (Phi) is 4.88. The summed E-state index contributed by atoms with van der Waals surface area (Å²) in [5.74, 6) is 0.339. The molecule has 1 unspecified atom stereocenters. The van der Waals surface area contributed by atoms with Crippen molar-refractivity contribution >= 4 is 27.4 Å². The second-order valence-corrected chi connectivity index (χ2v) is 8.19. The van der Waals surface area contributed by atoms with Gasteiger partial charge in [0, 0.05) is 23.0 Å². The maximum absolute atomic E-state index is 12.2. The Morgan fingerprint density at radius 2 is 2.00 bits per heavy atom. The van der Waals surface area contributed by atoms with Crippen molar-refractivity contribution in [2.24, 2.45) is 0 Å². The Balaban J connectivity index is 2.00. The fourth-order valence-electron chi connectivity index (χ4n) is 2.32. The topological polar surface area (TPSA) is 54.5 Å². The van der Waals surface area contributed by atoms with Crippen LogP contribution in [0.3, 0.4) is 0 Å². The van der Waals surface area contributed by atoms with Gasteiger partial charge in [-0.3, -0.25) is 9.69 Å². The standard InChI is InChI=1S/C14H19NO3S2/c1-11-10-20(17,18)8-7-15(11)9-14(16)12-3-5-13(19-2)6-4-12/h3-6,11H,7-10H2,1-2H3. The highest BCUT2D eigenvalue weighted by Gasteiger charge is 2.29. The summed E-state index contributed by atoms with van der Waals surface area (Å²) < 4.78 is 23.0. The molecule has 0 amide bonds. The maximum Gasteiger partial charge on any atom is 0.176 e. The van der Waals surface area contributed by atoms with Gasteiger partial charge in [-0.05, 0) is 25.3 Å². The van der Waals surface area contributed by atoms with Gasteiger partial charge in [0.25, 0.3) is 0 Å². The first-order valence-electron chi connectivity index (χ1n) is 6.53. The van der Waals surface area contributed by atoms with Gasteiger partial charge in [-0.1, -0.05) is 12.1 Å². The van der Waals surface area contributed by atoms with E-state index in [1.54, 1.807) is 11.8 Å². The third-order valence-corrected chi connectivity index (χ3v) is 6.11. The molecule has 0 aliphatic carbocycles. The van der Waals surface area contributed by atoms with Crippen molar-refractivity contribution < 1.29 is 13.2 Å². The SMILES string of the molecule is CSc1ccc(C(=O)CN2CCS(=O)(=O)CC2C)cc1. The Hall–Kier alpha value is -0.850. The lowest BCUT2D eigenvalue weighted by Gasteiger charge is -2.32. The van der Waals surface area contributed by atoms with Crippen LogP contribution in [0.5, 0.6) is 0 Å². The summed E-state index contributed by atoms with van der Waals surface area (Å²) in [6.07, 6.45) is 1.99. The lowest BCUT2D eigenvalue weighted by Crippen LogP contribution is -2.48. The number of hydrogen-bond acceptors (Lipinski definition) is 5. The van der Waals surface area contributed by atoms with Crippen LogP contribution >= 0.6 is 11.8 Å². The average Bonchev–Trinajstić information content (AvgIpc) is 2.41. The number of carbonyl (C=O) groups is 1. The van der Waals surface area contributed by atoms with Crippen molar-refractivity contribution in [3.05, 3.63) is 29.8 Å². The first-order chi connectivity index (χ1) is 9.41. The monoisotopic (exact) mass is 313 g/mol. The maximum atomic E-state index is 12.2. The zero-order chi connectivity index (χ0) is 14.8. The molecule has 0 aromatic heterocycles. The fourth-order valence-corrected chi connectivity index (χ4v) is 4.35. The summed E-state index contributed by atoms with van der Waals surface area (Å²) in [6.45, 7) is 2.59. The predicted octanol–water partition coefficient (Wildman–Crippen LogP) is 1.71. The van der Waals surface area contributed by atoms with Crippen molar-refractivity contribution in [3.63, 3.8) is 0 Å². The van der Waals surface area contributed by atoms with Crippen molar-refractivity contribution in [1.29, 1.82) is 0 Å². The third kappa shape index (κ3) is 3.84. The lowest BCUT2D eigenvalue weighted by atomic mass is 10.1. The van der Waals surface area contributed by atoms with Gasteiger partial charge in [0.1, 0.15) is 0 Å². The van der Waals surface area contributed by atoms with Gasteiger partial charge in [-0.2, -0.15) is 0 Å². The highest BCUT2D eigenvalue weighted by atomic mass is 32.2. The van der Waals surface area contributed by atoms with E-state index in [0.717, 1.165) is 4.90 Å².